The highest BCUT2D eigenvalue weighted by atomic mass is 16.3. The van der Waals surface area contributed by atoms with Gasteiger partial charge in [0.15, 0.2) is 11.4 Å². The highest BCUT2D eigenvalue weighted by Crippen LogP contribution is 2.32. The van der Waals surface area contributed by atoms with Crippen LogP contribution in [0, 0.1) is 0 Å². The second kappa shape index (κ2) is 5.28. The smallest absolute Gasteiger partial charge is 0.228 e. The summed E-state index contributed by atoms with van der Waals surface area (Å²) in [5.74, 6) is 1.79. The van der Waals surface area contributed by atoms with Crippen LogP contribution in [-0.2, 0) is 4.79 Å². The third-order valence-corrected chi connectivity index (χ3v) is 4.56. The predicted molar refractivity (Wildman–Crippen MR) is 85.3 cm³/mol. The van der Waals surface area contributed by atoms with Crippen molar-refractivity contribution in [3.05, 3.63) is 18.4 Å². The Kier molecular flexibility index (Phi) is 3.26. The number of carbonyl (C=O) groups is 1. The van der Waals surface area contributed by atoms with Crippen molar-refractivity contribution in [3.63, 3.8) is 0 Å². The molecule has 0 atom stereocenters. The standard InChI is InChI=1S/C16H20N4O2/c1-18-6-8-19(9-7-18)16-15-12(4-10-22-15)11-13(17-16)20-5-2-3-14(20)21/h4,10-11H,2-3,5-9H2,1H3. The molecule has 0 spiro atoms. The van der Waals surface area contributed by atoms with Crippen molar-refractivity contribution in [2.24, 2.45) is 0 Å². The van der Waals surface area contributed by atoms with Crippen molar-refractivity contribution in [1.82, 2.24) is 9.88 Å². The number of pyridine rings is 1. The number of rotatable bonds is 2. The zero-order chi connectivity index (χ0) is 15.1. The molecule has 2 fully saturated rings. The van der Waals surface area contributed by atoms with E-state index in [9.17, 15) is 4.79 Å². The Morgan fingerprint density at radius 3 is 2.73 bits per heavy atom. The number of hydrogen-bond donors (Lipinski definition) is 0. The third kappa shape index (κ3) is 2.23. The van der Waals surface area contributed by atoms with Gasteiger partial charge >= 0.3 is 0 Å². The van der Waals surface area contributed by atoms with Gasteiger partial charge < -0.3 is 14.2 Å². The van der Waals surface area contributed by atoms with E-state index in [4.69, 9.17) is 9.40 Å². The van der Waals surface area contributed by atoms with Crippen molar-refractivity contribution >= 4 is 28.5 Å². The quantitative estimate of drug-likeness (QED) is 0.845. The molecule has 2 aliphatic rings. The fourth-order valence-electron chi connectivity index (χ4n) is 3.21. The molecule has 0 aliphatic carbocycles. The van der Waals surface area contributed by atoms with E-state index in [1.165, 1.54) is 0 Å². The molecule has 2 aromatic heterocycles. The molecule has 1 amide bonds. The summed E-state index contributed by atoms with van der Waals surface area (Å²) in [6.45, 7) is 4.64. The highest BCUT2D eigenvalue weighted by Gasteiger charge is 2.26. The number of fused-ring (bicyclic) bond motifs is 1. The lowest BCUT2D eigenvalue weighted by molar-refractivity contribution is -0.117. The number of nitrogens with zero attached hydrogens (tertiary/aromatic N) is 4. The van der Waals surface area contributed by atoms with Gasteiger partial charge in [0.1, 0.15) is 5.82 Å². The number of anilines is 2. The normalized spacial score (nSPS) is 20.3. The van der Waals surface area contributed by atoms with Crippen LogP contribution in [0.2, 0.25) is 0 Å². The Balaban J connectivity index is 1.75. The second-order valence-electron chi connectivity index (χ2n) is 6.08. The van der Waals surface area contributed by atoms with Crippen molar-refractivity contribution in [2.75, 3.05) is 49.6 Å². The van der Waals surface area contributed by atoms with E-state index in [0.717, 1.165) is 61.7 Å². The summed E-state index contributed by atoms with van der Waals surface area (Å²) >= 11 is 0. The first-order valence-corrected chi connectivity index (χ1v) is 7.84. The molecule has 0 aromatic carbocycles. The first-order valence-electron chi connectivity index (χ1n) is 7.84. The van der Waals surface area contributed by atoms with E-state index in [2.05, 4.69) is 16.8 Å². The Hall–Kier alpha value is -2.08. The van der Waals surface area contributed by atoms with E-state index in [0.29, 0.717) is 6.42 Å². The van der Waals surface area contributed by atoms with Crippen LogP contribution < -0.4 is 9.80 Å². The lowest BCUT2D eigenvalue weighted by Gasteiger charge is -2.33. The molecule has 2 aliphatic heterocycles. The van der Waals surface area contributed by atoms with Crippen molar-refractivity contribution in [3.8, 4) is 0 Å². The van der Waals surface area contributed by atoms with Gasteiger partial charge in [0, 0.05) is 44.5 Å². The molecule has 6 nitrogen and oxygen atoms in total. The van der Waals surface area contributed by atoms with Crippen LogP contribution in [0.15, 0.2) is 22.8 Å². The molecule has 6 heteroatoms. The number of carbonyl (C=O) groups excluding carboxylic acids is 1. The van der Waals surface area contributed by atoms with Gasteiger partial charge in [0.05, 0.1) is 6.26 Å². The zero-order valence-electron chi connectivity index (χ0n) is 12.8. The minimum atomic E-state index is 0.166. The molecule has 0 saturated carbocycles. The van der Waals surface area contributed by atoms with Gasteiger partial charge in [0.2, 0.25) is 5.91 Å². The number of likely N-dealkylation sites (N-methyl/N-ethyl adjacent to an activating group) is 1. The molecule has 0 N–H and O–H groups in total. The van der Waals surface area contributed by atoms with Gasteiger partial charge in [-0.1, -0.05) is 0 Å². The Morgan fingerprint density at radius 1 is 1.18 bits per heavy atom. The lowest BCUT2D eigenvalue weighted by atomic mass is 10.2. The maximum atomic E-state index is 12.0. The summed E-state index contributed by atoms with van der Waals surface area (Å²) in [5, 5.41) is 1.01. The Labute approximate surface area is 129 Å². The molecule has 2 aromatic rings. The Bertz CT molecular complexity index is 703. The fraction of sp³-hybridized carbons (Fsp3) is 0.500. The average Bonchev–Trinajstić information content (AvgIpc) is 3.15. The first-order chi connectivity index (χ1) is 10.7. The molecular formula is C16H20N4O2. The van der Waals surface area contributed by atoms with E-state index in [-0.39, 0.29) is 5.91 Å². The number of furan rings is 1. The van der Waals surface area contributed by atoms with Gasteiger partial charge in [-0.3, -0.25) is 9.69 Å². The topological polar surface area (TPSA) is 52.8 Å². The van der Waals surface area contributed by atoms with Gasteiger partial charge in [-0.05, 0) is 25.6 Å². The molecular weight excluding hydrogens is 280 g/mol. The first kappa shape index (κ1) is 13.6. The monoisotopic (exact) mass is 300 g/mol. The van der Waals surface area contributed by atoms with Gasteiger partial charge in [0.25, 0.3) is 0 Å². The molecule has 2 saturated heterocycles. The van der Waals surface area contributed by atoms with Crippen LogP contribution in [0.1, 0.15) is 12.8 Å². The van der Waals surface area contributed by atoms with Crippen LogP contribution in [-0.4, -0.2) is 55.6 Å². The fourth-order valence-corrected chi connectivity index (χ4v) is 3.21. The van der Waals surface area contributed by atoms with Gasteiger partial charge in [-0.15, -0.1) is 0 Å². The zero-order valence-corrected chi connectivity index (χ0v) is 12.8. The third-order valence-electron chi connectivity index (χ3n) is 4.56. The summed E-state index contributed by atoms with van der Waals surface area (Å²) in [4.78, 5) is 23.2. The van der Waals surface area contributed by atoms with Crippen molar-refractivity contribution in [2.45, 2.75) is 12.8 Å². The maximum absolute atomic E-state index is 12.0. The Morgan fingerprint density at radius 2 is 2.00 bits per heavy atom. The van der Waals surface area contributed by atoms with E-state index >= 15 is 0 Å². The van der Waals surface area contributed by atoms with Crippen LogP contribution in [0.5, 0.6) is 0 Å². The molecule has 0 radical (unpaired) electrons. The molecule has 0 unspecified atom stereocenters. The van der Waals surface area contributed by atoms with Crippen molar-refractivity contribution < 1.29 is 9.21 Å². The SMILES string of the molecule is CN1CCN(c2nc(N3CCCC3=O)cc3ccoc23)CC1. The maximum Gasteiger partial charge on any atom is 0.228 e. The van der Waals surface area contributed by atoms with Crippen LogP contribution >= 0.6 is 0 Å². The molecule has 22 heavy (non-hydrogen) atoms. The summed E-state index contributed by atoms with van der Waals surface area (Å²) in [7, 11) is 2.13. The van der Waals surface area contributed by atoms with E-state index in [1.54, 1.807) is 11.2 Å². The second-order valence-corrected chi connectivity index (χ2v) is 6.08. The van der Waals surface area contributed by atoms with Crippen LogP contribution in [0.3, 0.4) is 0 Å². The van der Waals surface area contributed by atoms with E-state index in [1.807, 2.05) is 12.1 Å². The summed E-state index contributed by atoms with van der Waals surface area (Å²) in [6.07, 6.45) is 3.23. The highest BCUT2D eigenvalue weighted by molar-refractivity contribution is 5.98. The van der Waals surface area contributed by atoms with Gasteiger partial charge in [-0.25, -0.2) is 4.98 Å². The van der Waals surface area contributed by atoms with Crippen LogP contribution in [0.4, 0.5) is 11.6 Å². The number of piperazine rings is 1. The largest absolute Gasteiger partial charge is 0.460 e. The minimum absolute atomic E-state index is 0.166. The molecule has 4 heterocycles. The lowest BCUT2D eigenvalue weighted by Crippen LogP contribution is -2.45. The summed E-state index contributed by atoms with van der Waals surface area (Å²) < 4.78 is 5.65. The molecule has 4 rings (SSSR count). The summed E-state index contributed by atoms with van der Waals surface area (Å²) in [6, 6.07) is 3.91. The number of hydrogen-bond acceptors (Lipinski definition) is 5. The molecule has 0 bridgehead atoms. The number of aromatic nitrogens is 1. The summed E-state index contributed by atoms with van der Waals surface area (Å²) in [5.41, 5.74) is 0.819. The van der Waals surface area contributed by atoms with Crippen LogP contribution in [0.25, 0.3) is 11.0 Å². The molecule has 116 valence electrons. The predicted octanol–water partition coefficient (Wildman–Crippen LogP) is 1.71. The van der Waals surface area contributed by atoms with Gasteiger partial charge in [-0.2, -0.15) is 0 Å². The van der Waals surface area contributed by atoms with Crippen molar-refractivity contribution in [1.29, 1.82) is 0 Å². The average molecular weight is 300 g/mol. The minimum Gasteiger partial charge on any atom is -0.460 e. The van der Waals surface area contributed by atoms with E-state index < -0.39 is 0 Å². The number of amides is 1.